The molecule has 7 heteroatoms. The molecule has 0 atom stereocenters. The number of hydrogen-bond donors (Lipinski definition) is 1. The Morgan fingerprint density at radius 2 is 2.00 bits per heavy atom. The van der Waals surface area contributed by atoms with Crippen molar-refractivity contribution in [3.05, 3.63) is 46.4 Å². The van der Waals surface area contributed by atoms with Gasteiger partial charge < -0.3 is 10.5 Å². The first-order valence-electron chi connectivity index (χ1n) is 5.98. The van der Waals surface area contributed by atoms with Gasteiger partial charge in [0.15, 0.2) is 0 Å². The summed E-state index contributed by atoms with van der Waals surface area (Å²) >= 11 is 3.04. The van der Waals surface area contributed by atoms with Crippen LogP contribution >= 0.6 is 15.9 Å². The van der Waals surface area contributed by atoms with Crippen molar-refractivity contribution in [2.45, 2.75) is 0 Å². The van der Waals surface area contributed by atoms with Crippen molar-refractivity contribution in [2.24, 2.45) is 0 Å². The molecule has 1 heterocycles. The Hall–Kier alpha value is -2.15. The molecule has 3 rings (SSSR count). The first-order valence-corrected chi connectivity index (χ1v) is 6.78. The Labute approximate surface area is 127 Å². The van der Waals surface area contributed by atoms with Gasteiger partial charge in [-0.15, -0.1) is 0 Å². The molecule has 0 aliphatic carbocycles. The molecule has 21 heavy (non-hydrogen) atoms. The number of anilines is 1. The van der Waals surface area contributed by atoms with Gasteiger partial charge in [0.05, 0.1) is 22.8 Å². The van der Waals surface area contributed by atoms with Crippen LogP contribution in [-0.2, 0) is 0 Å². The SMILES string of the molecule is COc1cccc2c1nc(N)n2-c1cc(Br)c(F)cc1F. The lowest BCUT2D eigenvalue weighted by atomic mass is 10.2. The molecule has 0 saturated carbocycles. The highest BCUT2D eigenvalue weighted by Gasteiger charge is 2.17. The zero-order valence-corrected chi connectivity index (χ0v) is 12.5. The van der Waals surface area contributed by atoms with Crippen LogP contribution in [0.15, 0.2) is 34.8 Å². The number of nitrogens with two attached hydrogens (primary N) is 1. The number of benzene rings is 2. The Morgan fingerprint density at radius 3 is 2.71 bits per heavy atom. The van der Waals surface area contributed by atoms with Crippen molar-refractivity contribution in [3.8, 4) is 11.4 Å². The highest BCUT2D eigenvalue weighted by atomic mass is 79.9. The Morgan fingerprint density at radius 1 is 1.24 bits per heavy atom. The summed E-state index contributed by atoms with van der Waals surface area (Å²) < 4.78 is 34.2. The van der Waals surface area contributed by atoms with E-state index in [-0.39, 0.29) is 16.1 Å². The lowest BCUT2D eigenvalue weighted by Gasteiger charge is -2.09. The number of imidazole rings is 1. The number of rotatable bonds is 2. The molecule has 0 bridgehead atoms. The van der Waals surface area contributed by atoms with E-state index >= 15 is 0 Å². The average Bonchev–Trinajstić information content (AvgIpc) is 2.79. The van der Waals surface area contributed by atoms with Crippen molar-refractivity contribution in [1.82, 2.24) is 9.55 Å². The summed E-state index contributed by atoms with van der Waals surface area (Å²) in [5.41, 5.74) is 7.08. The number of aromatic nitrogens is 2. The first-order chi connectivity index (χ1) is 10.0. The third-order valence-electron chi connectivity index (χ3n) is 3.12. The van der Waals surface area contributed by atoms with E-state index in [1.165, 1.54) is 17.7 Å². The first kappa shape index (κ1) is 13.8. The zero-order valence-electron chi connectivity index (χ0n) is 10.9. The van der Waals surface area contributed by atoms with E-state index in [0.29, 0.717) is 16.8 Å². The number of hydrogen-bond acceptors (Lipinski definition) is 3. The summed E-state index contributed by atoms with van der Waals surface area (Å²) in [7, 11) is 1.51. The fraction of sp³-hybridized carbons (Fsp3) is 0.0714. The molecule has 0 aliphatic heterocycles. The van der Waals surface area contributed by atoms with Crippen molar-refractivity contribution >= 4 is 32.9 Å². The summed E-state index contributed by atoms with van der Waals surface area (Å²) in [5.74, 6) is -0.798. The number of halogens is 3. The van der Waals surface area contributed by atoms with Crippen molar-refractivity contribution < 1.29 is 13.5 Å². The second-order valence-electron chi connectivity index (χ2n) is 4.35. The van der Waals surface area contributed by atoms with Crippen LogP contribution in [0.25, 0.3) is 16.7 Å². The van der Waals surface area contributed by atoms with E-state index in [1.54, 1.807) is 18.2 Å². The number of methoxy groups -OCH3 is 1. The second kappa shape index (κ2) is 5.00. The molecule has 0 saturated heterocycles. The van der Waals surface area contributed by atoms with E-state index < -0.39 is 11.6 Å². The summed E-state index contributed by atoms with van der Waals surface area (Å²) in [6.45, 7) is 0. The van der Waals surface area contributed by atoms with Crippen LogP contribution in [0.4, 0.5) is 14.7 Å². The molecule has 0 amide bonds. The molecule has 0 spiro atoms. The molecule has 2 aromatic carbocycles. The van der Waals surface area contributed by atoms with Gasteiger partial charge in [-0.2, -0.15) is 0 Å². The highest BCUT2D eigenvalue weighted by Crippen LogP contribution is 2.32. The van der Waals surface area contributed by atoms with E-state index in [2.05, 4.69) is 20.9 Å². The minimum absolute atomic E-state index is 0.0897. The number of fused-ring (bicyclic) bond motifs is 1. The van der Waals surface area contributed by atoms with Crippen molar-refractivity contribution in [3.63, 3.8) is 0 Å². The molecule has 1 aromatic heterocycles. The van der Waals surface area contributed by atoms with Gasteiger partial charge in [-0.25, -0.2) is 13.8 Å². The minimum atomic E-state index is -0.732. The predicted octanol–water partition coefficient (Wildman–Crippen LogP) is 3.66. The Balaban J connectivity index is 2.36. The molecule has 3 aromatic rings. The van der Waals surface area contributed by atoms with Crippen molar-refractivity contribution in [2.75, 3.05) is 12.8 Å². The maximum Gasteiger partial charge on any atom is 0.206 e. The second-order valence-corrected chi connectivity index (χ2v) is 5.21. The van der Waals surface area contributed by atoms with E-state index in [9.17, 15) is 8.78 Å². The standard InChI is InChI=1S/C14H10BrF2N3O/c1-21-12-4-2-3-10-13(12)19-14(18)20(10)11-5-7(15)8(16)6-9(11)17/h2-6H,1H3,(H2,18,19). The van der Waals surface area contributed by atoms with Gasteiger partial charge in [-0.1, -0.05) is 6.07 Å². The van der Waals surface area contributed by atoms with Crippen LogP contribution < -0.4 is 10.5 Å². The van der Waals surface area contributed by atoms with E-state index in [0.717, 1.165) is 6.07 Å². The van der Waals surface area contributed by atoms with Crippen molar-refractivity contribution in [1.29, 1.82) is 0 Å². The van der Waals surface area contributed by atoms with Gasteiger partial charge in [0.2, 0.25) is 5.95 Å². The number of nitrogens with zero attached hydrogens (tertiary/aromatic N) is 2. The lowest BCUT2D eigenvalue weighted by molar-refractivity contribution is 0.419. The normalized spacial score (nSPS) is 11.0. The van der Waals surface area contributed by atoms with Crippen LogP contribution in [0.2, 0.25) is 0 Å². The average molecular weight is 354 g/mol. The molecule has 0 fully saturated rings. The fourth-order valence-electron chi connectivity index (χ4n) is 2.19. The molecule has 0 radical (unpaired) electrons. The van der Waals surface area contributed by atoms with Crippen LogP contribution in [0.1, 0.15) is 0 Å². The quantitative estimate of drug-likeness (QED) is 0.715. The molecule has 108 valence electrons. The van der Waals surface area contributed by atoms with Crippen LogP contribution in [0.3, 0.4) is 0 Å². The smallest absolute Gasteiger partial charge is 0.206 e. The van der Waals surface area contributed by atoms with Crippen LogP contribution in [-0.4, -0.2) is 16.7 Å². The maximum atomic E-state index is 14.1. The van der Waals surface area contributed by atoms with Gasteiger partial charge in [-0.05, 0) is 34.1 Å². The third-order valence-corrected chi connectivity index (χ3v) is 3.73. The van der Waals surface area contributed by atoms with Gasteiger partial charge in [-0.3, -0.25) is 4.57 Å². The molecule has 0 unspecified atom stereocenters. The number of nitrogen functional groups attached to an aromatic ring is 1. The molecular weight excluding hydrogens is 344 g/mol. The van der Waals surface area contributed by atoms with E-state index in [1.807, 2.05) is 0 Å². The molecule has 4 nitrogen and oxygen atoms in total. The topological polar surface area (TPSA) is 53.1 Å². The summed E-state index contributed by atoms with van der Waals surface area (Å²) in [5, 5.41) is 0. The minimum Gasteiger partial charge on any atom is -0.494 e. The number of ether oxygens (including phenoxy) is 1. The Kier molecular flexibility index (Phi) is 3.29. The van der Waals surface area contributed by atoms with Gasteiger partial charge in [0.25, 0.3) is 0 Å². The summed E-state index contributed by atoms with van der Waals surface area (Å²) in [6, 6.07) is 7.33. The highest BCUT2D eigenvalue weighted by molar-refractivity contribution is 9.10. The molecular formula is C14H10BrF2N3O. The maximum absolute atomic E-state index is 14.1. The van der Waals surface area contributed by atoms with Gasteiger partial charge in [0, 0.05) is 6.07 Å². The van der Waals surface area contributed by atoms with E-state index in [4.69, 9.17) is 10.5 Å². The Bertz CT molecular complexity index is 848. The lowest BCUT2D eigenvalue weighted by Crippen LogP contribution is -2.03. The summed E-state index contributed by atoms with van der Waals surface area (Å²) in [6.07, 6.45) is 0. The predicted molar refractivity (Wildman–Crippen MR) is 79.7 cm³/mol. The largest absolute Gasteiger partial charge is 0.494 e. The number of para-hydroxylation sites is 1. The van der Waals surface area contributed by atoms with Gasteiger partial charge in [0.1, 0.15) is 22.9 Å². The fourth-order valence-corrected chi connectivity index (χ4v) is 2.52. The molecule has 0 aliphatic rings. The van der Waals surface area contributed by atoms with Crippen LogP contribution in [0, 0.1) is 11.6 Å². The zero-order chi connectivity index (χ0) is 15.1. The summed E-state index contributed by atoms with van der Waals surface area (Å²) in [4.78, 5) is 4.19. The van der Waals surface area contributed by atoms with Crippen LogP contribution in [0.5, 0.6) is 5.75 Å². The molecule has 2 N–H and O–H groups in total. The van der Waals surface area contributed by atoms with Gasteiger partial charge >= 0.3 is 0 Å². The monoisotopic (exact) mass is 353 g/mol. The third kappa shape index (κ3) is 2.13.